The predicted octanol–water partition coefficient (Wildman–Crippen LogP) is 2.15. The van der Waals surface area contributed by atoms with Crippen molar-refractivity contribution in [1.29, 1.82) is 0 Å². The van der Waals surface area contributed by atoms with Crippen molar-refractivity contribution in [3.63, 3.8) is 0 Å². The van der Waals surface area contributed by atoms with E-state index in [4.69, 9.17) is 14.2 Å². The number of carboxylic acids is 1. The molecule has 4 unspecified atom stereocenters. The standard InChI is InChI=1S/C26H28N2O7/c29-24(27-11-15-9-10-34-23(15)25(30)31)21-12-33-14-22(21)28-26(32)35-13-20-18-7-3-1-5-16(18)17-6-2-4-8-19(17)20/h1-8,15,20-23H,9-14H2,(H,27,29)(H,28,32)(H,30,31). The second-order valence-electron chi connectivity index (χ2n) is 9.14. The molecule has 0 aromatic heterocycles. The van der Waals surface area contributed by atoms with Gasteiger partial charge in [-0.25, -0.2) is 9.59 Å². The van der Waals surface area contributed by atoms with Gasteiger partial charge in [0.15, 0.2) is 6.10 Å². The number of hydrogen-bond acceptors (Lipinski definition) is 6. The highest BCUT2D eigenvalue weighted by molar-refractivity contribution is 5.81. The normalized spacial score (nSPS) is 25.0. The van der Waals surface area contributed by atoms with Crippen molar-refractivity contribution in [2.45, 2.75) is 24.5 Å². The van der Waals surface area contributed by atoms with Crippen LogP contribution in [0.1, 0.15) is 23.5 Å². The number of ether oxygens (including phenoxy) is 3. The molecule has 1 aliphatic carbocycles. The first-order chi connectivity index (χ1) is 17.0. The van der Waals surface area contributed by atoms with Gasteiger partial charge in [-0.2, -0.15) is 0 Å². The highest BCUT2D eigenvalue weighted by Crippen LogP contribution is 2.44. The van der Waals surface area contributed by atoms with Crippen LogP contribution >= 0.6 is 0 Å². The average Bonchev–Trinajstić information content (AvgIpc) is 3.59. The van der Waals surface area contributed by atoms with Gasteiger partial charge < -0.3 is 30.0 Å². The van der Waals surface area contributed by atoms with Gasteiger partial charge in [0.05, 0.1) is 25.2 Å². The zero-order chi connectivity index (χ0) is 24.4. The molecule has 9 heteroatoms. The monoisotopic (exact) mass is 480 g/mol. The third-order valence-corrected chi connectivity index (χ3v) is 7.06. The Morgan fingerprint density at radius 1 is 1.00 bits per heavy atom. The van der Waals surface area contributed by atoms with Crippen molar-refractivity contribution >= 4 is 18.0 Å². The van der Waals surface area contributed by atoms with Gasteiger partial charge in [-0.05, 0) is 28.7 Å². The zero-order valence-corrected chi connectivity index (χ0v) is 19.1. The summed E-state index contributed by atoms with van der Waals surface area (Å²) in [6, 6.07) is 15.7. The highest BCUT2D eigenvalue weighted by Gasteiger charge is 2.38. The summed E-state index contributed by atoms with van der Waals surface area (Å²) < 4.78 is 16.3. The van der Waals surface area contributed by atoms with Gasteiger partial charge in [0.1, 0.15) is 6.61 Å². The highest BCUT2D eigenvalue weighted by atomic mass is 16.6. The second kappa shape index (κ2) is 10.1. The van der Waals surface area contributed by atoms with E-state index in [0.29, 0.717) is 13.0 Å². The minimum absolute atomic E-state index is 0.0529. The first kappa shape index (κ1) is 23.3. The molecule has 2 aliphatic heterocycles. The number of hydrogen-bond donors (Lipinski definition) is 3. The van der Waals surface area contributed by atoms with Crippen molar-refractivity contribution in [3.05, 3.63) is 59.7 Å². The van der Waals surface area contributed by atoms with E-state index in [1.807, 2.05) is 24.3 Å². The van der Waals surface area contributed by atoms with Crippen molar-refractivity contribution in [3.8, 4) is 11.1 Å². The van der Waals surface area contributed by atoms with Crippen molar-refractivity contribution in [2.75, 3.05) is 33.0 Å². The van der Waals surface area contributed by atoms with E-state index in [1.165, 1.54) is 0 Å². The molecule has 184 valence electrons. The van der Waals surface area contributed by atoms with Crippen LogP contribution in [-0.2, 0) is 23.8 Å². The summed E-state index contributed by atoms with van der Waals surface area (Å²) >= 11 is 0. The number of benzene rings is 2. The van der Waals surface area contributed by atoms with Gasteiger partial charge in [0.25, 0.3) is 0 Å². The number of aliphatic carboxylic acids is 1. The summed E-state index contributed by atoms with van der Waals surface area (Å²) in [6.07, 6.45) is -0.944. The van der Waals surface area contributed by atoms with Gasteiger partial charge in [-0.3, -0.25) is 4.79 Å². The Hall–Kier alpha value is -3.43. The van der Waals surface area contributed by atoms with Crippen molar-refractivity contribution in [2.24, 2.45) is 11.8 Å². The molecule has 0 bridgehead atoms. The zero-order valence-electron chi connectivity index (χ0n) is 19.1. The first-order valence-electron chi connectivity index (χ1n) is 11.8. The van der Waals surface area contributed by atoms with Crippen LogP contribution in [0.5, 0.6) is 0 Å². The molecule has 35 heavy (non-hydrogen) atoms. The van der Waals surface area contributed by atoms with Crippen LogP contribution in [0.4, 0.5) is 4.79 Å². The third-order valence-electron chi connectivity index (χ3n) is 7.06. The number of fused-ring (bicyclic) bond motifs is 3. The van der Waals surface area contributed by atoms with Crippen LogP contribution in [0.15, 0.2) is 48.5 Å². The Kier molecular flexibility index (Phi) is 6.70. The number of rotatable bonds is 7. The van der Waals surface area contributed by atoms with Gasteiger partial charge in [-0.1, -0.05) is 48.5 Å². The summed E-state index contributed by atoms with van der Waals surface area (Å²) in [5.74, 6) is -2.24. The number of carbonyl (C=O) groups is 3. The molecule has 0 saturated carbocycles. The fraction of sp³-hybridized carbons (Fsp3) is 0.423. The van der Waals surface area contributed by atoms with E-state index in [2.05, 4.69) is 34.9 Å². The molecule has 4 atom stereocenters. The van der Waals surface area contributed by atoms with Gasteiger partial charge >= 0.3 is 12.1 Å². The SMILES string of the molecule is O=C(NC1COCC1C(=O)NCC1CCOC1C(=O)O)OCC1c2ccccc2-c2ccccc21. The lowest BCUT2D eigenvalue weighted by molar-refractivity contribution is -0.149. The topological polar surface area (TPSA) is 123 Å². The van der Waals surface area contributed by atoms with E-state index < -0.39 is 30.1 Å². The molecule has 0 spiro atoms. The molecule has 3 aliphatic rings. The largest absolute Gasteiger partial charge is 0.479 e. The van der Waals surface area contributed by atoms with Crippen molar-refractivity contribution < 1.29 is 33.7 Å². The molecule has 9 nitrogen and oxygen atoms in total. The lowest BCUT2D eigenvalue weighted by Gasteiger charge is -2.21. The summed E-state index contributed by atoms with van der Waals surface area (Å²) in [4.78, 5) is 36.6. The lowest BCUT2D eigenvalue weighted by atomic mass is 9.98. The molecular weight excluding hydrogens is 452 g/mol. The maximum atomic E-state index is 12.7. The molecule has 3 N–H and O–H groups in total. The number of nitrogens with one attached hydrogen (secondary N) is 2. The molecule has 2 amide bonds. The van der Waals surface area contributed by atoms with Gasteiger partial charge in [-0.15, -0.1) is 0 Å². The van der Waals surface area contributed by atoms with Crippen LogP contribution in [0.2, 0.25) is 0 Å². The summed E-state index contributed by atoms with van der Waals surface area (Å²) in [5.41, 5.74) is 4.55. The Morgan fingerprint density at radius 3 is 2.37 bits per heavy atom. The van der Waals surface area contributed by atoms with Crippen molar-refractivity contribution in [1.82, 2.24) is 10.6 Å². The van der Waals surface area contributed by atoms with Crippen LogP contribution in [0, 0.1) is 11.8 Å². The third kappa shape index (κ3) is 4.74. The fourth-order valence-corrected chi connectivity index (χ4v) is 5.23. The minimum Gasteiger partial charge on any atom is -0.479 e. The number of carbonyl (C=O) groups excluding carboxylic acids is 2. The smallest absolute Gasteiger partial charge is 0.407 e. The fourth-order valence-electron chi connectivity index (χ4n) is 5.23. The molecule has 2 fully saturated rings. The lowest BCUT2D eigenvalue weighted by Crippen LogP contribution is -2.47. The van der Waals surface area contributed by atoms with E-state index >= 15 is 0 Å². The summed E-state index contributed by atoms with van der Waals surface area (Å²) in [5, 5.41) is 14.8. The Labute approximate surface area is 202 Å². The van der Waals surface area contributed by atoms with Gasteiger partial charge in [0, 0.05) is 25.0 Å². The Bertz CT molecular complexity index is 1070. The number of carboxylic acid groups (broad SMARTS) is 1. The molecular formula is C26H28N2O7. The van der Waals surface area contributed by atoms with E-state index in [0.717, 1.165) is 22.3 Å². The number of amides is 2. The Morgan fingerprint density at radius 2 is 1.69 bits per heavy atom. The van der Waals surface area contributed by atoms with Crippen LogP contribution in [-0.4, -0.2) is 68.2 Å². The quantitative estimate of drug-likeness (QED) is 0.555. The number of alkyl carbamates (subject to hydrolysis) is 1. The maximum absolute atomic E-state index is 12.7. The van der Waals surface area contributed by atoms with E-state index in [9.17, 15) is 19.5 Å². The van der Waals surface area contributed by atoms with Crippen LogP contribution in [0.25, 0.3) is 11.1 Å². The molecule has 0 radical (unpaired) electrons. The van der Waals surface area contributed by atoms with E-state index in [-0.39, 0.29) is 44.1 Å². The van der Waals surface area contributed by atoms with Gasteiger partial charge in [0.2, 0.25) is 5.91 Å². The van der Waals surface area contributed by atoms with E-state index in [1.54, 1.807) is 0 Å². The molecule has 2 aromatic carbocycles. The summed E-state index contributed by atoms with van der Waals surface area (Å²) in [7, 11) is 0. The molecule has 2 saturated heterocycles. The van der Waals surface area contributed by atoms with Crippen LogP contribution in [0.3, 0.4) is 0 Å². The molecule has 2 heterocycles. The maximum Gasteiger partial charge on any atom is 0.407 e. The molecule has 2 aromatic rings. The van der Waals surface area contributed by atoms with Crippen LogP contribution < -0.4 is 10.6 Å². The first-order valence-corrected chi connectivity index (χ1v) is 11.8. The molecule has 5 rings (SSSR count). The predicted molar refractivity (Wildman–Crippen MR) is 125 cm³/mol. The second-order valence-corrected chi connectivity index (χ2v) is 9.14. The minimum atomic E-state index is -1.03. The summed E-state index contributed by atoms with van der Waals surface area (Å²) in [6.45, 7) is 1.11. The average molecular weight is 481 g/mol. The Balaban J connectivity index is 1.15.